The van der Waals surface area contributed by atoms with Crippen LogP contribution in [0.5, 0.6) is 5.88 Å². The fourth-order valence-electron chi connectivity index (χ4n) is 3.76. The molecule has 0 unspecified atom stereocenters. The molecule has 3 aromatic heterocycles. The third-order valence-corrected chi connectivity index (χ3v) is 5.48. The largest absolute Gasteiger partial charge is 0.480 e. The van der Waals surface area contributed by atoms with Gasteiger partial charge in [0.1, 0.15) is 0 Å². The van der Waals surface area contributed by atoms with Crippen molar-refractivity contribution >= 4 is 11.0 Å². The Labute approximate surface area is 174 Å². The topological polar surface area (TPSA) is 49.2 Å². The number of nitrogens with zero attached hydrogens (tertiary/aromatic N) is 3. The van der Waals surface area contributed by atoms with Crippen LogP contribution >= 0.6 is 0 Å². The van der Waals surface area contributed by atoms with Crippen molar-refractivity contribution in [1.29, 1.82) is 0 Å². The molecule has 5 nitrogen and oxygen atoms in total. The van der Waals surface area contributed by atoms with Crippen molar-refractivity contribution in [2.24, 2.45) is 0 Å². The minimum absolute atomic E-state index is 0.305. The van der Waals surface area contributed by atoms with Crippen molar-refractivity contribution in [3.05, 3.63) is 41.2 Å². The second-order valence-electron chi connectivity index (χ2n) is 7.91. The van der Waals surface area contributed by atoms with Crippen LogP contribution in [-0.4, -0.2) is 34.9 Å². The molecule has 0 aromatic carbocycles. The number of rotatable bonds is 8. The Morgan fingerprint density at radius 1 is 1.07 bits per heavy atom. The lowest BCUT2D eigenvalue weighted by molar-refractivity contribution is 0.113. The smallest absolute Gasteiger partial charge is 0.222 e. The summed E-state index contributed by atoms with van der Waals surface area (Å²) < 4.78 is 13.7. The summed E-state index contributed by atoms with van der Waals surface area (Å²) in [6.45, 7) is 14.2. The molecule has 0 bridgehead atoms. The second-order valence-corrected chi connectivity index (χ2v) is 7.91. The van der Waals surface area contributed by atoms with Gasteiger partial charge in [-0.1, -0.05) is 20.8 Å². The van der Waals surface area contributed by atoms with Crippen LogP contribution in [-0.2, 0) is 4.74 Å². The number of aromatic nitrogens is 3. The minimum atomic E-state index is 0.305. The van der Waals surface area contributed by atoms with Gasteiger partial charge in [0.05, 0.1) is 42.0 Å². The average Bonchev–Trinajstić information content (AvgIpc) is 3.03. The molecule has 0 aliphatic heterocycles. The summed E-state index contributed by atoms with van der Waals surface area (Å²) in [5.41, 5.74) is 7.34. The van der Waals surface area contributed by atoms with Crippen LogP contribution in [0.4, 0.5) is 0 Å². The number of methoxy groups -OCH3 is 1. The highest BCUT2D eigenvalue weighted by Crippen LogP contribution is 2.34. The second kappa shape index (κ2) is 8.95. The monoisotopic (exact) mass is 395 g/mol. The zero-order chi connectivity index (χ0) is 21.1. The summed E-state index contributed by atoms with van der Waals surface area (Å²) in [7, 11) is 1.67. The standard InChI is InChI=1S/C24H33N3O2/c1-8-18(14-29-9-2)27-13-17(6)23-21(27)12-16(5)22(26-23)19-10-11-20(15(3)4)25-24(19)28-7/h10-13,15,18H,8-9,14H2,1-7H3/t18-/m0/s1. The molecule has 3 rings (SSSR count). The summed E-state index contributed by atoms with van der Waals surface area (Å²) in [6, 6.07) is 6.69. The Bertz CT molecular complexity index is 991. The molecule has 0 aliphatic rings. The van der Waals surface area contributed by atoms with E-state index in [1.165, 1.54) is 5.56 Å². The molecule has 0 radical (unpaired) electrons. The Morgan fingerprint density at radius 3 is 2.45 bits per heavy atom. The van der Waals surface area contributed by atoms with E-state index in [2.05, 4.69) is 63.6 Å². The van der Waals surface area contributed by atoms with E-state index in [0.717, 1.165) is 46.6 Å². The average molecular weight is 396 g/mol. The SMILES string of the molecule is CCOC[C@H](CC)n1cc(C)c2nc(-c3ccc(C(C)C)nc3OC)c(C)cc21. The van der Waals surface area contributed by atoms with Crippen molar-refractivity contribution in [2.75, 3.05) is 20.3 Å². The maximum Gasteiger partial charge on any atom is 0.222 e. The lowest BCUT2D eigenvalue weighted by Gasteiger charge is -2.19. The Hall–Kier alpha value is -2.40. The van der Waals surface area contributed by atoms with E-state index < -0.39 is 0 Å². The van der Waals surface area contributed by atoms with Gasteiger partial charge in [-0.3, -0.25) is 0 Å². The van der Waals surface area contributed by atoms with E-state index in [1.54, 1.807) is 7.11 Å². The van der Waals surface area contributed by atoms with Gasteiger partial charge in [-0.25, -0.2) is 9.97 Å². The molecular weight excluding hydrogens is 362 g/mol. The molecule has 1 atom stereocenters. The van der Waals surface area contributed by atoms with Gasteiger partial charge in [0, 0.05) is 18.5 Å². The lowest BCUT2D eigenvalue weighted by Crippen LogP contribution is -2.14. The molecule has 0 fully saturated rings. The number of pyridine rings is 2. The van der Waals surface area contributed by atoms with Crippen molar-refractivity contribution in [3.63, 3.8) is 0 Å². The van der Waals surface area contributed by atoms with Crippen LogP contribution in [0.1, 0.15) is 62.9 Å². The highest BCUT2D eigenvalue weighted by atomic mass is 16.5. The first-order chi connectivity index (χ1) is 13.9. The molecule has 0 spiro atoms. The molecule has 5 heteroatoms. The summed E-state index contributed by atoms with van der Waals surface area (Å²) >= 11 is 0. The normalized spacial score (nSPS) is 12.7. The van der Waals surface area contributed by atoms with Gasteiger partial charge in [-0.15, -0.1) is 0 Å². The first kappa shape index (κ1) is 21.3. The fourth-order valence-corrected chi connectivity index (χ4v) is 3.76. The highest BCUT2D eigenvalue weighted by Gasteiger charge is 2.19. The van der Waals surface area contributed by atoms with Gasteiger partial charge in [0.15, 0.2) is 0 Å². The van der Waals surface area contributed by atoms with E-state index in [9.17, 15) is 0 Å². The number of hydrogen-bond acceptors (Lipinski definition) is 4. The zero-order valence-corrected chi connectivity index (χ0v) is 18.7. The number of fused-ring (bicyclic) bond motifs is 1. The molecule has 0 saturated carbocycles. The molecule has 0 N–H and O–H groups in total. The predicted molar refractivity (Wildman–Crippen MR) is 119 cm³/mol. The molecule has 29 heavy (non-hydrogen) atoms. The van der Waals surface area contributed by atoms with Gasteiger partial charge in [-0.05, 0) is 62.4 Å². The van der Waals surface area contributed by atoms with E-state index in [0.29, 0.717) is 24.4 Å². The Morgan fingerprint density at radius 2 is 1.83 bits per heavy atom. The number of ether oxygens (including phenoxy) is 2. The van der Waals surface area contributed by atoms with Gasteiger partial charge in [0.2, 0.25) is 5.88 Å². The van der Waals surface area contributed by atoms with Gasteiger partial charge in [-0.2, -0.15) is 0 Å². The van der Waals surface area contributed by atoms with E-state index in [-0.39, 0.29) is 0 Å². The summed E-state index contributed by atoms with van der Waals surface area (Å²) in [6.07, 6.45) is 3.21. The van der Waals surface area contributed by atoms with Gasteiger partial charge in [0.25, 0.3) is 0 Å². The highest BCUT2D eigenvalue weighted by molar-refractivity contribution is 5.85. The zero-order valence-electron chi connectivity index (χ0n) is 18.7. The third-order valence-electron chi connectivity index (χ3n) is 5.48. The molecule has 0 saturated heterocycles. The minimum Gasteiger partial charge on any atom is -0.480 e. The maximum absolute atomic E-state index is 5.72. The fraction of sp³-hybridized carbons (Fsp3) is 0.500. The molecule has 0 amide bonds. The summed E-state index contributed by atoms with van der Waals surface area (Å²) in [5.74, 6) is 0.980. The number of hydrogen-bond donors (Lipinski definition) is 0. The molecule has 0 aliphatic carbocycles. The van der Waals surface area contributed by atoms with Crippen LogP contribution in [0.15, 0.2) is 24.4 Å². The first-order valence-corrected chi connectivity index (χ1v) is 10.5. The Kier molecular flexibility index (Phi) is 6.58. The van der Waals surface area contributed by atoms with Gasteiger partial charge < -0.3 is 14.0 Å². The van der Waals surface area contributed by atoms with Crippen molar-refractivity contribution in [3.8, 4) is 17.1 Å². The quantitative estimate of drug-likeness (QED) is 0.481. The molecular formula is C24H33N3O2. The van der Waals surface area contributed by atoms with Crippen LogP contribution in [0.2, 0.25) is 0 Å². The van der Waals surface area contributed by atoms with E-state index in [1.807, 2.05) is 6.92 Å². The first-order valence-electron chi connectivity index (χ1n) is 10.5. The number of aryl methyl sites for hydroxylation is 2. The molecule has 3 aromatic rings. The summed E-state index contributed by atoms with van der Waals surface area (Å²) in [5, 5.41) is 0. The lowest BCUT2D eigenvalue weighted by atomic mass is 10.0. The van der Waals surface area contributed by atoms with Crippen LogP contribution in [0, 0.1) is 13.8 Å². The third kappa shape index (κ3) is 4.15. The predicted octanol–water partition coefficient (Wildman–Crippen LogP) is 5.83. The molecule has 3 heterocycles. The Balaban J connectivity index is 2.13. The van der Waals surface area contributed by atoms with Crippen molar-refractivity contribution < 1.29 is 9.47 Å². The molecule has 156 valence electrons. The van der Waals surface area contributed by atoms with Crippen molar-refractivity contribution in [2.45, 2.75) is 59.9 Å². The maximum atomic E-state index is 5.72. The van der Waals surface area contributed by atoms with Crippen LogP contribution < -0.4 is 4.74 Å². The van der Waals surface area contributed by atoms with Gasteiger partial charge >= 0.3 is 0 Å². The van der Waals surface area contributed by atoms with Crippen LogP contribution in [0.25, 0.3) is 22.3 Å². The summed E-state index contributed by atoms with van der Waals surface area (Å²) in [4.78, 5) is 9.77. The van der Waals surface area contributed by atoms with E-state index in [4.69, 9.17) is 19.4 Å². The van der Waals surface area contributed by atoms with E-state index >= 15 is 0 Å². The van der Waals surface area contributed by atoms with Crippen molar-refractivity contribution in [1.82, 2.24) is 14.5 Å². The van der Waals surface area contributed by atoms with Crippen LogP contribution in [0.3, 0.4) is 0 Å².